The third-order valence-electron chi connectivity index (χ3n) is 2.19. The Hall–Kier alpha value is -1.33. The van der Waals surface area contributed by atoms with Crippen LogP contribution in [0.15, 0.2) is 18.2 Å². The van der Waals surface area contributed by atoms with Gasteiger partial charge in [-0.1, -0.05) is 23.8 Å². The molecule has 1 aromatic rings. The first kappa shape index (κ1) is 9.76. The van der Waals surface area contributed by atoms with E-state index in [1.54, 1.807) is 0 Å². The SMILES string of the molecule is Cc1ccc(C(C#N)CN)c(C)c1. The molecule has 2 nitrogen and oxygen atoms in total. The van der Waals surface area contributed by atoms with Gasteiger partial charge < -0.3 is 5.73 Å². The van der Waals surface area contributed by atoms with Crippen LogP contribution in [0.2, 0.25) is 0 Å². The fourth-order valence-corrected chi connectivity index (χ4v) is 1.47. The number of rotatable bonds is 2. The molecule has 0 aliphatic carbocycles. The predicted molar refractivity (Wildman–Crippen MR) is 53.3 cm³/mol. The van der Waals surface area contributed by atoms with Gasteiger partial charge in [0.25, 0.3) is 0 Å². The van der Waals surface area contributed by atoms with Gasteiger partial charge in [-0.2, -0.15) is 5.26 Å². The minimum atomic E-state index is -0.166. The van der Waals surface area contributed by atoms with Crippen molar-refractivity contribution in [3.63, 3.8) is 0 Å². The number of nitrogens with zero attached hydrogens (tertiary/aromatic N) is 1. The molecular formula is C11H14N2. The molecule has 0 bridgehead atoms. The average Bonchev–Trinajstić information content (AvgIpc) is 2.10. The summed E-state index contributed by atoms with van der Waals surface area (Å²) >= 11 is 0. The highest BCUT2D eigenvalue weighted by Crippen LogP contribution is 2.19. The lowest BCUT2D eigenvalue weighted by molar-refractivity contribution is 0.853. The Morgan fingerprint density at radius 2 is 2.15 bits per heavy atom. The standard InChI is InChI=1S/C11H14N2/c1-8-3-4-11(9(2)5-8)10(6-12)7-13/h3-5,10H,6,12H2,1-2H3. The van der Waals surface area contributed by atoms with Crippen molar-refractivity contribution >= 4 is 0 Å². The molecule has 0 amide bonds. The summed E-state index contributed by atoms with van der Waals surface area (Å²) in [6.07, 6.45) is 0. The molecule has 2 N–H and O–H groups in total. The van der Waals surface area contributed by atoms with Gasteiger partial charge in [0, 0.05) is 6.54 Å². The number of nitriles is 1. The third kappa shape index (κ3) is 2.07. The minimum absolute atomic E-state index is 0.166. The predicted octanol–water partition coefficient (Wildman–Crippen LogP) is 1.87. The lowest BCUT2D eigenvalue weighted by Crippen LogP contribution is -2.11. The lowest BCUT2D eigenvalue weighted by Gasteiger charge is -2.10. The fraction of sp³-hybridized carbons (Fsp3) is 0.364. The highest BCUT2D eigenvalue weighted by Gasteiger charge is 2.10. The average molecular weight is 174 g/mol. The lowest BCUT2D eigenvalue weighted by atomic mass is 9.95. The van der Waals surface area contributed by atoms with Crippen molar-refractivity contribution in [1.82, 2.24) is 0 Å². The summed E-state index contributed by atoms with van der Waals surface area (Å²) in [6, 6.07) is 8.29. The normalized spacial score (nSPS) is 12.2. The first-order valence-electron chi connectivity index (χ1n) is 4.36. The Balaban J connectivity index is 3.09. The monoisotopic (exact) mass is 174 g/mol. The zero-order chi connectivity index (χ0) is 9.84. The van der Waals surface area contributed by atoms with Crippen LogP contribution >= 0.6 is 0 Å². The summed E-state index contributed by atoms with van der Waals surface area (Å²) in [6.45, 7) is 4.45. The molecule has 0 spiro atoms. The fourth-order valence-electron chi connectivity index (χ4n) is 1.47. The molecule has 2 heteroatoms. The van der Waals surface area contributed by atoms with Gasteiger partial charge >= 0.3 is 0 Å². The summed E-state index contributed by atoms with van der Waals surface area (Å²) < 4.78 is 0. The van der Waals surface area contributed by atoms with Crippen molar-refractivity contribution in [2.45, 2.75) is 19.8 Å². The Kier molecular flexibility index (Phi) is 3.05. The Labute approximate surface area is 79.0 Å². The molecule has 68 valence electrons. The Bertz CT molecular complexity index is 336. The maximum absolute atomic E-state index is 8.84. The van der Waals surface area contributed by atoms with E-state index in [0.717, 1.165) is 11.1 Å². The van der Waals surface area contributed by atoms with E-state index in [4.69, 9.17) is 11.0 Å². The van der Waals surface area contributed by atoms with E-state index in [9.17, 15) is 0 Å². The zero-order valence-corrected chi connectivity index (χ0v) is 8.04. The van der Waals surface area contributed by atoms with Gasteiger partial charge in [0.15, 0.2) is 0 Å². The number of nitrogens with two attached hydrogens (primary N) is 1. The second-order valence-corrected chi connectivity index (χ2v) is 3.28. The highest BCUT2D eigenvalue weighted by molar-refractivity contribution is 5.36. The quantitative estimate of drug-likeness (QED) is 0.744. The molecule has 0 saturated heterocycles. The molecule has 0 aliphatic heterocycles. The van der Waals surface area contributed by atoms with Crippen molar-refractivity contribution in [1.29, 1.82) is 5.26 Å². The van der Waals surface area contributed by atoms with Crippen molar-refractivity contribution in [2.24, 2.45) is 5.73 Å². The van der Waals surface area contributed by atoms with Gasteiger partial charge in [-0.3, -0.25) is 0 Å². The van der Waals surface area contributed by atoms with Crippen molar-refractivity contribution in [3.05, 3.63) is 34.9 Å². The first-order valence-corrected chi connectivity index (χ1v) is 4.36. The van der Waals surface area contributed by atoms with Crippen LogP contribution in [0.4, 0.5) is 0 Å². The van der Waals surface area contributed by atoms with E-state index >= 15 is 0 Å². The number of hydrogen-bond acceptors (Lipinski definition) is 2. The van der Waals surface area contributed by atoms with Crippen LogP contribution in [-0.4, -0.2) is 6.54 Å². The molecule has 0 aliphatic rings. The zero-order valence-electron chi connectivity index (χ0n) is 8.04. The van der Waals surface area contributed by atoms with Gasteiger partial charge in [0.1, 0.15) is 0 Å². The van der Waals surface area contributed by atoms with Crippen molar-refractivity contribution < 1.29 is 0 Å². The summed E-state index contributed by atoms with van der Waals surface area (Å²) in [5.41, 5.74) is 8.92. The molecule has 1 aromatic carbocycles. The first-order chi connectivity index (χ1) is 6.19. The molecule has 0 saturated carbocycles. The largest absolute Gasteiger partial charge is 0.329 e. The summed E-state index contributed by atoms with van der Waals surface area (Å²) in [4.78, 5) is 0. The maximum Gasteiger partial charge on any atom is 0.0837 e. The molecular weight excluding hydrogens is 160 g/mol. The third-order valence-corrected chi connectivity index (χ3v) is 2.19. The van der Waals surface area contributed by atoms with E-state index in [1.165, 1.54) is 5.56 Å². The Morgan fingerprint density at radius 1 is 1.46 bits per heavy atom. The van der Waals surface area contributed by atoms with Crippen molar-refractivity contribution in [3.8, 4) is 6.07 Å². The van der Waals surface area contributed by atoms with Gasteiger partial charge in [-0.25, -0.2) is 0 Å². The molecule has 0 fully saturated rings. The molecule has 13 heavy (non-hydrogen) atoms. The van der Waals surface area contributed by atoms with Crippen LogP contribution < -0.4 is 5.73 Å². The van der Waals surface area contributed by atoms with Crippen molar-refractivity contribution in [2.75, 3.05) is 6.54 Å². The van der Waals surface area contributed by atoms with Crippen LogP contribution in [0.1, 0.15) is 22.6 Å². The number of hydrogen-bond donors (Lipinski definition) is 1. The van der Waals surface area contributed by atoms with Crippen LogP contribution in [0.5, 0.6) is 0 Å². The number of benzene rings is 1. The van der Waals surface area contributed by atoms with E-state index in [-0.39, 0.29) is 5.92 Å². The molecule has 0 heterocycles. The molecule has 1 unspecified atom stereocenters. The van der Waals surface area contributed by atoms with E-state index in [1.807, 2.05) is 26.0 Å². The second kappa shape index (κ2) is 4.06. The number of aryl methyl sites for hydroxylation is 2. The summed E-state index contributed by atoms with van der Waals surface area (Å²) in [5.74, 6) is -0.166. The smallest absolute Gasteiger partial charge is 0.0837 e. The van der Waals surface area contributed by atoms with E-state index in [0.29, 0.717) is 6.54 Å². The van der Waals surface area contributed by atoms with E-state index in [2.05, 4.69) is 12.1 Å². The van der Waals surface area contributed by atoms with Gasteiger partial charge in [-0.05, 0) is 25.0 Å². The second-order valence-electron chi connectivity index (χ2n) is 3.28. The van der Waals surface area contributed by atoms with Crippen LogP contribution in [-0.2, 0) is 0 Å². The summed E-state index contributed by atoms with van der Waals surface area (Å²) in [7, 11) is 0. The molecule has 1 rings (SSSR count). The van der Waals surface area contributed by atoms with Crippen LogP contribution in [0.25, 0.3) is 0 Å². The van der Waals surface area contributed by atoms with Gasteiger partial charge in [0.2, 0.25) is 0 Å². The van der Waals surface area contributed by atoms with Crippen LogP contribution in [0.3, 0.4) is 0 Å². The molecule has 0 aromatic heterocycles. The van der Waals surface area contributed by atoms with Gasteiger partial charge in [-0.15, -0.1) is 0 Å². The van der Waals surface area contributed by atoms with Gasteiger partial charge in [0.05, 0.1) is 12.0 Å². The Morgan fingerprint density at radius 3 is 2.62 bits per heavy atom. The molecule has 1 atom stereocenters. The maximum atomic E-state index is 8.84. The highest BCUT2D eigenvalue weighted by atomic mass is 14.5. The summed E-state index contributed by atoms with van der Waals surface area (Å²) in [5, 5.41) is 8.84. The van der Waals surface area contributed by atoms with E-state index < -0.39 is 0 Å². The van der Waals surface area contributed by atoms with Crippen LogP contribution in [0, 0.1) is 25.2 Å². The minimum Gasteiger partial charge on any atom is -0.329 e. The topological polar surface area (TPSA) is 49.8 Å². The molecule has 0 radical (unpaired) electrons.